The molecule has 2 aliphatic heterocycles. The van der Waals surface area contributed by atoms with Crippen molar-refractivity contribution in [3.8, 4) is 16.5 Å². The van der Waals surface area contributed by atoms with Crippen LogP contribution in [0.2, 0.25) is 0 Å². The summed E-state index contributed by atoms with van der Waals surface area (Å²) >= 11 is 3.08. The molecule has 0 spiro atoms. The van der Waals surface area contributed by atoms with Gasteiger partial charge in [0.2, 0.25) is 0 Å². The van der Waals surface area contributed by atoms with Crippen molar-refractivity contribution in [2.45, 2.75) is 76.5 Å². The Balaban J connectivity index is 1.38. The summed E-state index contributed by atoms with van der Waals surface area (Å²) < 4.78 is 0. The molecule has 1 fully saturated rings. The normalized spacial score (nSPS) is 24.3. The topological polar surface area (TPSA) is 98.6 Å². The summed E-state index contributed by atoms with van der Waals surface area (Å²) in [6, 6.07) is 2.36. The number of thiazole rings is 2. The fourth-order valence-electron chi connectivity index (χ4n) is 5.22. The van der Waals surface area contributed by atoms with Gasteiger partial charge in [0.15, 0.2) is 14.8 Å². The molecule has 0 bridgehead atoms. The summed E-state index contributed by atoms with van der Waals surface area (Å²) in [7, 11) is 2.14. The Morgan fingerprint density at radius 3 is 2.39 bits per heavy atom. The fourth-order valence-corrected chi connectivity index (χ4v) is 7.30. The van der Waals surface area contributed by atoms with E-state index in [4.69, 9.17) is 9.97 Å². The number of nitrogens with zero attached hydrogens (tertiary/aromatic N) is 5. The third-order valence-electron chi connectivity index (χ3n) is 6.51. The van der Waals surface area contributed by atoms with Gasteiger partial charge in [0, 0.05) is 42.5 Å². The molecule has 0 aromatic carbocycles. The standard InChI is InChI=1S/C23H31N7OS2/c1-12-15(11-25-28-12)13-7-16(31)17(24-10-13)18-26-19-20(32-18)27-21(33-19)30(6)14-8-22(2,3)29-23(4,5)9-14/h7,10-12,14-15,28-29,31H,8-9H2,1-6H3. The second-order valence-corrected chi connectivity index (χ2v) is 12.5. The van der Waals surface area contributed by atoms with Crippen LogP contribution in [0.15, 0.2) is 17.4 Å². The summed E-state index contributed by atoms with van der Waals surface area (Å²) in [6.07, 6.45) is 5.77. The van der Waals surface area contributed by atoms with Crippen LogP contribution in [0.3, 0.4) is 0 Å². The lowest BCUT2D eigenvalue weighted by Gasteiger charge is -2.48. The van der Waals surface area contributed by atoms with Crippen molar-refractivity contribution in [2.75, 3.05) is 11.9 Å². The van der Waals surface area contributed by atoms with Gasteiger partial charge in [-0.2, -0.15) is 5.10 Å². The van der Waals surface area contributed by atoms with Gasteiger partial charge in [-0.05, 0) is 59.1 Å². The first kappa shape index (κ1) is 22.5. The molecule has 176 valence electrons. The van der Waals surface area contributed by atoms with Crippen LogP contribution in [0, 0.1) is 0 Å². The fraction of sp³-hybridized carbons (Fsp3) is 0.565. The summed E-state index contributed by atoms with van der Waals surface area (Å²) in [5.41, 5.74) is 4.62. The molecule has 3 aromatic rings. The Labute approximate surface area is 202 Å². The second-order valence-electron chi connectivity index (χ2n) is 10.5. The first-order valence-electron chi connectivity index (χ1n) is 11.3. The van der Waals surface area contributed by atoms with Gasteiger partial charge in [-0.25, -0.2) is 15.0 Å². The number of aromatic nitrogens is 3. The average molecular weight is 486 g/mol. The lowest BCUT2D eigenvalue weighted by atomic mass is 9.79. The van der Waals surface area contributed by atoms with E-state index in [-0.39, 0.29) is 28.8 Å². The van der Waals surface area contributed by atoms with Crippen LogP contribution < -0.4 is 15.6 Å². The number of hydrogen-bond acceptors (Lipinski definition) is 10. The molecular weight excluding hydrogens is 454 g/mol. The number of aromatic hydroxyl groups is 1. The highest BCUT2D eigenvalue weighted by Crippen LogP contribution is 2.40. The molecule has 3 aromatic heterocycles. The van der Waals surface area contributed by atoms with E-state index >= 15 is 0 Å². The Morgan fingerprint density at radius 1 is 1.09 bits per heavy atom. The van der Waals surface area contributed by atoms with Gasteiger partial charge in [-0.3, -0.25) is 0 Å². The zero-order chi connectivity index (χ0) is 23.5. The van der Waals surface area contributed by atoms with Crippen molar-refractivity contribution in [3.63, 3.8) is 0 Å². The van der Waals surface area contributed by atoms with E-state index in [9.17, 15) is 5.11 Å². The van der Waals surface area contributed by atoms with Gasteiger partial charge in [-0.1, -0.05) is 22.7 Å². The van der Waals surface area contributed by atoms with Crippen LogP contribution in [0.25, 0.3) is 20.4 Å². The van der Waals surface area contributed by atoms with Crippen LogP contribution >= 0.6 is 22.7 Å². The van der Waals surface area contributed by atoms with Gasteiger partial charge < -0.3 is 20.7 Å². The number of piperidine rings is 1. The molecule has 2 atom stereocenters. The predicted molar refractivity (Wildman–Crippen MR) is 137 cm³/mol. The van der Waals surface area contributed by atoms with Crippen LogP contribution in [-0.4, -0.2) is 56.5 Å². The zero-order valence-corrected chi connectivity index (χ0v) is 21.5. The minimum Gasteiger partial charge on any atom is -0.506 e. The largest absolute Gasteiger partial charge is 0.506 e. The molecular formula is C23H31N7OS2. The Hall–Kier alpha value is -2.30. The van der Waals surface area contributed by atoms with Crippen molar-refractivity contribution < 1.29 is 5.11 Å². The SMILES string of the molecule is CC1NN=CC1c1cnc(-c2nc3sc(N(C)C4CC(C)(C)NC(C)(C)C4)nc3s2)c(O)c1. The number of hydrogen-bond donors (Lipinski definition) is 3. The van der Waals surface area contributed by atoms with Gasteiger partial charge in [-0.15, -0.1) is 0 Å². The monoisotopic (exact) mass is 485 g/mol. The van der Waals surface area contributed by atoms with Crippen molar-refractivity contribution in [1.29, 1.82) is 0 Å². The Bertz CT molecular complexity index is 1170. The van der Waals surface area contributed by atoms with E-state index in [1.165, 1.54) is 11.3 Å². The lowest BCUT2D eigenvalue weighted by molar-refractivity contribution is 0.161. The van der Waals surface area contributed by atoms with E-state index in [0.29, 0.717) is 16.7 Å². The van der Waals surface area contributed by atoms with Crippen molar-refractivity contribution >= 4 is 43.7 Å². The maximum Gasteiger partial charge on any atom is 0.188 e. The predicted octanol–water partition coefficient (Wildman–Crippen LogP) is 4.33. The van der Waals surface area contributed by atoms with Crippen molar-refractivity contribution in [2.24, 2.45) is 5.10 Å². The summed E-state index contributed by atoms with van der Waals surface area (Å²) in [5, 5.41) is 20.2. The average Bonchev–Trinajstić information content (AvgIpc) is 3.39. The number of fused-ring (bicyclic) bond motifs is 1. The molecule has 10 heteroatoms. The van der Waals surface area contributed by atoms with Gasteiger partial charge >= 0.3 is 0 Å². The maximum absolute atomic E-state index is 10.7. The van der Waals surface area contributed by atoms with Crippen molar-refractivity contribution in [3.05, 3.63) is 17.8 Å². The molecule has 5 rings (SSSR count). The molecule has 0 saturated carbocycles. The van der Waals surface area contributed by atoms with Gasteiger partial charge in [0.25, 0.3) is 0 Å². The van der Waals surface area contributed by atoms with E-state index in [1.54, 1.807) is 23.6 Å². The summed E-state index contributed by atoms with van der Waals surface area (Å²) in [5.74, 6) is 0.236. The van der Waals surface area contributed by atoms with Gasteiger partial charge in [0.1, 0.15) is 16.5 Å². The summed E-state index contributed by atoms with van der Waals surface area (Å²) in [4.78, 5) is 18.3. The number of pyridine rings is 1. The molecule has 33 heavy (non-hydrogen) atoms. The molecule has 2 aliphatic rings. The third-order valence-corrected chi connectivity index (χ3v) is 8.64. The van der Waals surface area contributed by atoms with E-state index in [0.717, 1.165) is 33.2 Å². The minimum absolute atomic E-state index is 0.0777. The minimum atomic E-state index is 0.0777. The molecule has 0 radical (unpaired) electrons. The molecule has 0 amide bonds. The first-order valence-corrected chi connectivity index (χ1v) is 12.9. The molecule has 8 nitrogen and oxygen atoms in total. The van der Waals surface area contributed by atoms with E-state index < -0.39 is 0 Å². The highest BCUT2D eigenvalue weighted by Gasteiger charge is 2.39. The Morgan fingerprint density at radius 2 is 1.79 bits per heavy atom. The number of rotatable bonds is 4. The van der Waals surface area contributed by atoms with Crippen LogP contribution in [-0.2, 0) is 0 Å². The molecule has 5 heterocycles. The highest BCUT2D eigenvalue weighted by molar-refractivity contribution is 7.29. The van der Waals surface area contributed by atoms with Crippen LogP contribution in [0.1, 0.15) is 58.9 Å². The molecule has 1 saturated heterocycles. The maximum atomic E-state index is 10.7. The van der Waals surface area contributed by atoms with Crippen LogP contribution in [0.5, 0.6) is 5.75 Å². The molecule has 2 unspecified atom stereocenters. The molecule has 0 aliphatic carbocycles. The highest BCUT2D eigenvalue weighted by atomic mass is 32.1. The zero-order valence-electron chi connectivity index (χ0n) is 19.9. The first-order chi connectivity index (χ1) is 15.5. The summed E-state index contributed by atoms with van der Waals surface area (Å²) in [6.45, 7) is 11.1. The van der Waals surface area contributed by atoms with Gasteiger partial charge in [0.05, 0.1) is 6.04 Å². The lowest BCUT2D eigenvalue weighted by Crippen LogP contribution is -2.61. The third kappa shape index (κ3) is 4.31. The van der Waals surface area contributed by atoms with Crippen molar-refractivity contribution in [1.82, 2.24) is 25.7 Å². The second kappa shape index (κ2) is 7.89. The van der Waals surface area contributed by atoms with E-state index in [2.05, 4.69) is 67.4 Å². The van der Waals surface area contributed by atoms with Crippen LogP contribution in [0.4, 0.5) is 5.13 Å². The smallest absolute Gasteiger partial charge is 0.188 e. The number of nitrogens with one attached hydrogen (secondary N) is 2. The Kier molecular flexibility index (Phi) is 5.37. The number of anilines is 1. The quantitative estimate of drug-likeness (QED) is 0.506. The molecule has 3 N–H and O–H groups in total. The van der Waals surface area contributed by atoms with E-state index in [1.807, 2.05) is 6.21 Å². The number of hydrazone groups is 1.